The van der Waals surface area contributed by atoms with E-state index in [4.69, 9.17) is 0 Å². The Morgan fingerprint density at radius 2 is 1.43 bits per heavy atom. The first-order valence-corrected chi connectivity index (χ1v) is 13.8. The number of carbonyl (C=O) groups is 3. The van der Waals surface area contributed by atoms with E-state index in [1.54, 1.807) is 11.0 Å². The Labute approximate surface area is 241 Å². The van der Waals surface area contributed by atoms with Crippen LogP contribution in [0.1, 0.15) is 27.5 Å². The molecule has 0 radical (unpaired) electrons. The van der Waals surface area contributed by atoms with Gasteiger partial charge in [-0.15, -0.1) is 0 Å². The fraction of sp³-hybridized carbons (Fsp3) is 0.0882. The number of rotatable bonds is 6. The SMILES string of the molecule is O=C(CN1C(=O)c2ccccc2C1c1c(-c2ccccc2)[nH]c2ccccc12)NNC(=O)Cn1ccc2ccccc21. The van der Waals surface area contributed by atoms with Crippen molar-refractivity contribution < 1.29 is 14.4 Å². The number of nitrogens with zero attached hydrogens (tertiary/aromatic N) is 2. The van der Waals surface area contributed by atoms with E-state index < -0.39 is 11.9 Å². The van der Waals surface area contributed by atoms with Crippen LogP contribution < -0.4 is 10.9 Å². The highest BCUT2D eigenvalue weighted by Crippen LogP contribution is 2.45. The molecule has 206 valence electrons. The smallest absolute Gasteiger partial charge is 0.258 e. The summed E-state index contributed by atoms with van der Waals surface area (Å²) in [6.07, 6.45) is 1.84. The quantitative estimate of drug-likeness (QED) is 0.248. The molecule has 0 bridgehead atoms. The van der Waals surface area contributed by atoms with E-state index in [0.29, 0.717) is 5.56 Å². The van der Waals surface area contributed by atoms with Crippen LogP contribution in [0.25, 0.3) is 33.1 Å². The molecule has 0 saturated carbocycles. The predicted octanol–water partition coefficient (Wildman–Crippen LogP) is 5.18. The van der Waals surface area contributed by atoms with Gasteiger partial charge in [-0.1, -0.05) is 84.9 Å². The van der Waals surface area contributed by atoms with Gasteiger partial charge in [-0.2, -0.15) is 0 Å². The van der Waals surface area contributed by atoms with Gasteiger partial charge < -0.3 is 14.5 Å². The molecule has 2 aromatic heterocycles. The standard InChI is InChI=1S/C34H27N5O3/c40-29(20-38-19-18-22-10-4-9-17-28(22)38)36-37-30(41)21-39-33(24-13-5-6-14-25(24)34(39)42)31-26-15-7-8-16-27(26)35-32(31)23-11-2-1-3-12-23/h1-19,33,35H,20-21H2,(H,36,40)(H,37,41). The van der Waals surface area contributed by atoms with Crippen LogP contribution in [0, 0.1) is 0 Å². The number of aromatic nitrogens is 2. The van der Waals surface area contributed by atoms with Crippen LogP contribution in [0.2, 0.25) is 0 Å². The molecule has 3 amide bonds. The average Bonchev–Trinajstić information content (AvgIpc) is 3.69. The molecule has 1 aliphatic heterocycles. The summed E-state index contributed by atoms with van der Waals surface area (Å²) >= 11 is 0. The zero-order chi connectivity index (χ0) is 28.6. The molecule has 8 heteroatoms. The second kappa shape index (κ2) is 10.4. The number of carbonyl (C=O) groups excluding carboxylic acids is 3. The summed E-state index contributed by atoms with van der Waals surface area (Å²) in [5, 5.41) is 2.00. The van der Waals surface area contributed by atoms with E-state index >= 15 is 0 Å². The molecular formula is C34H27N5O3. The Morgan fingerprint density at radius 1 is 0.738 bits per heavy atom. The van der Waals surface area contributed by atoms with Crippen LogP contribution in [-0.2, 0) is 16.1 Å². The van der Waals surface area contributed by atoms with Gasteiger partial charge >= 0.3 is 0 Å². The van der Waals surface area contributed by atoms with Crippen molar-refractivity contribution >= 4 is 39.5 Å². The summed E-state index contributed by atoms with van der Waals surface area (Å²) in [7, 11) is 0. The number of hydrogen-bond acceptors (Lipinski definition) is 3. The number of H-pyrrole nitrogens is 1. The first-order chi connectivity index (χ1) is 20.6. The van der Waals surface area contributed by atoms with Crippen LogP contribution in [0.5, 0.6) is 0 Å². The number of aromatic amines is 1. The molecule has 4 aromatic carbocycles. The minimum absolute atomic E-state index is 0.0419. The summed E-state index contributed by atoms with van der Waals surface area (Å²) in [5.74, 6) is -1.10. The van der Waals surface area contributed by atoms with Crippen LogP contribution in [0.4, 0.5) is 0 Å². The van der Waals surface area contributed by atoms with Crippen LogP contribution in [-0.4, -0.2) is 38.7 Å². The van der Waals surface area contributed by atoms with E-state index in [1.165, 1.54) is 0 Å². The Balaban J connectivity index is 1.17. The van der Waals surface area contributed by atoms with Crippen molar-refractivity contribution in [1.29, 1.82) is 0 Å². The fourth-order valence-electron chi connectivity index (χ4n) is 5.93. The summed E-state index contributed by atoms with van der Waals surface area (Å²) in [4.78, 5) is 44.8. The van der Waals surface area contributed by atoms with Crippen molar-refractivity contribution in [2.24, 2.45) is 0 Å². The number of fused-ring (bicyclic) bond motifs is 3. The first-order valence-electron chi connectivity index (χ1n) is 13.8. The number of hydrogen-bond donors (Lipinski definition) is 3. The third-order valence-electron chi connectivity index (χ3n) is 7.79. The van der Waals surface area contributed by atoms with E-state index in [9.17, 15) is 14.4 Å². The van der Waals surface area contributed by atoms with Crippen molar-refractivity contribution in [3.8, 4) is 11.3 Å². The van der Waals surface area contributed by atoms with Gasteiger partial charge in [0.05, 0.1) is 11.7 Å². The highest BCUT2D eigenvalue weighted by atomic mass is 16.2. The molecule has 3 heterocycles. The van der Waals surface area contributed by atoms with Gasteiger partial charge in [-0.05, 0) is 40.8 Å². The van der Waals surface area contributed by atoms with Crippen molar-refractivity contribution in [3.05, 3.63) is 132 Å². The Hall–Kier alpha value is -5.63. The van der Waals surface area contributed by atoms with Crippen LogP contribution >= 0.6 is 0 Å². The highest BCUT2D eigenvalue weighted by Gasteiger charge is 2.41. The lowest BCUT2D eigenvalue weighted by Gasteiger charge is -2.26. The van der Waals surface area contributed by atoms with Gasteiger partial charge in [0.15, 0.2) is 0 Å². The molecule has 0 spiro atoms. The molecule has 1 atom stereocenters. The molecular weight excluding hydrogens is 526 g/mol. The number of amides is 3. The Morgan fingerprint density at radius 3 is 2.29 bits per heavy atom. The monoisotopic (exact) mass is 553 g/mol. The molecule has 1 unspecified atom stereocenters. The van der Waals surface area contributed by atoms with Crippen molar-refractivity contribution in [1.82, 2.24) is 25.3 Å². The zero-order valence-corrected chi connectivity index (χ0v) is 22.6. The normalized spacial score (nSPS) is 14.3. The van der Waals surface area contributed by atoms with E-state index in [-0.39, 0.29) is 24.9 Å². The van der Waals surface area contributed by atoms with Gasteiger partial charge in [0, 0.05) is 33.7 Å². The van der Waals surface area contributed by atoms with Crippen LogP contribution in [0.15, 0.2) is 115 Å². The minimum Gasteiger partial charge on any atom is -0.354 e. The summed E-state index contributed by atoms with van der Waals surface area (Å²) in [6.45, 7) is -0.196. The largest absolute Gasteiger partial charge is 0.354 e. The van der Waals surface area contributed by atoms with Crippen molar-refractivity contribution in [2.75, 3.05) is 6.54 Å². The van der Waals surface area contributed by atoms with Gasteiger partial charge in [0.1, 0.15) is 13.1 Å². The van der Waals surface area contributed by atoms with Crippen LogP contribution in [0.3, 0.4) is 0 Å². The lowest BCUT2D eigenvalue weighted by molar-refractivity contribution is -0.129. The summed E-state index contributed by atoms with van der Waals surface area (Å²) in [6, 6.07) is 34.6. The second-order valence-corrected chi connectivity index (χ2v) is 10.3. The summed E-state index contributed by atoms with van der Waals surface area (Å²) < 4.78 is 1.82. The Bertz CT molecular complexity index is 1970. The maximum atomic E-state index is 13.7. The summed E-state index contributed by atoms with van der Waals surface area (Å²) in [5.41, 5.74) is 11.1. The molecule has 0 aliphatic carbocycles. The number of benzene rings is 4. The predicted molar refractivity (Wildman–Crippen MR) is 161 cm³/mol. The van der Waals surface area contributed by atoms with Gasteiger partial charge in [-0.25, -0.2) is 0 Å². The number of hydrazine groups is 1. The number of para-hydroxylation sites is 2. The molecule has 7 rings (SSSR count). The first kappa shape index (κ1) is 25.3. The molecule has 1 aliphatic rings. The van der Waals surface area contributed by atoms with Gasteiger partial charge in [-0.3, -0.25) is 25.2 Å². The topological polar surface area (TPSA) is 99.2 Å². The fourth-order valence-corrected chi connectivity index (χ4v) is 5.93. The minimum atomic E-state index is -0.507. The number of nitrogens with one attached hydrogen (secondary N) is 3. The Kier molecular flexibility index (Phi) is 6.28. The molecule has 8 nitrogen and oxygen atoms in total. The third-order valence-corrected chi connectivity index (χ3v) is 7.79. The third kappa shape index (κ3) is 4.39. The highest BCUT2D eigenvalue weighted by molar-refractivity contribution is 6.03. The molecule has 42 heavy (non-hydrogen) atoms. The molecule has 3 N–H and O–H groups in total. The van der Waals surface area contributed by atoms with E-state index in [1.807, 2.05) is 114 Å². The van der Waals surface area contributed by atoms with E-state index in [0.717, 1.165) is 44.2 Å². The van der Waals surface area contributed by atoms with Gasteiger partial charge in [0.25, 0.3) is 17.7 Å². The lowest BCUT2D eigenvalue weighted by Crippen LogP contribution is -2.48. The molecule has 0 fully saturated rings. The van der Waals surface area contributed by atoms with Crippen molar-refractivity contribution in [2.45, 2.75) is 12.6 Å². The molecule has 0 saturated heterocycles. The lowest BCUT2D eigenvalue weighted by atomic mass is 9.93. The zero-order valence-electron chi connectivity index (χ0n) is 22.6. The van der Waals surface area contributed by atoms with E-state index in [2.05, 4.69) is 15.8 Å². The molecule has 6 aromatic rings. The maximum absolute atomic E-state index is 13.7. The average molecular weight is 554 g/mol. The van der Waals surface area contributed by atoms with Gasteiger partial charge in [0.2, 0.25) is 0 Å². The second-order valence-electron chi connectivity index (χ2n) is 10.3. The maximum Gasteiger partial charge on any atom is 0.258 e. The van der Waals surface area contributed by atoms with Crippen molar-refractivity contribution in [3.63, 3.8) is 0 Å².